The van der Waals surface area contributed by atoms with Crippen LogP contribution in [0.2, 0.25) is 0 Å². The number of benzene rings is 1. The first-order valence-electron chi connectivity index (χ1n) is 25.5. The number of rotatable bonds is 33. The molecule has 1 aromatic carbocycles. The molecule has 0 unspecified atom stereocenters. The number of anilines is 1. The molecule has 3 aliphatic rings. The Morgan fingerprint density at radius 2 is 1.57 bits per heavy atom. The topological polar surface area (TPSA) is 412 Å². The van der Waals surface area contributed by atoms with Crippen LogP contribution in [-0.2, 0) is 73.9 Å². The summed E-state index contributed by atoms with van der Waals surface area (Å²) in [5.74, 6) is -4.10. The van der Waals surface area contributed by atoms with Crippen molar-refractivity contribution in [2.24, 2.45) is 17.6 Å². The number of primary amides is 1. The number of ether oxygens (including phenoxy) is 6. The van der Waals surface area contributed by atoms with Crippen LogP contribution in [0.3, 0.4) is 0 Å². The molecule has 4 rings (SSSR count). The van der Waals surface area contributed by atoms with Crippen molar-refractivity contribution in [3.8, 4) is 0 Å². The van der Waals surface area contributed by atoms with Crippen molar-refractivity contribution < 1.29 is 97.0 Å². The summed E-state index contributed by atoms with van der Waals surface area (Å²) in [6, 6.07) is 1.71. The Balaban J connectivity index is 1.18. The molecule has 2 heterocycles. The number of aryl methyl sites for hydroxylation is 1. The largest absolute Gasteiger partial charge is 0.445 e. The van der Waals surface area contributed by atoms with Crippen LogP contribution >= 0.6 is 0 Å². The number of amides is 9. The highest BCUT2D eigenvalue weighted by atomic mass is 32.2. The van der Waals surface area contributed by atoms with Gasteiger partial charge in [-0.3, -0.25) is 33.7 Å². The van der Waals surface area contributed by atoms with Crippen molar-refractivity contribution in [2.75, 3.05) is 84.9 Å². The van der Waals surface area contributed by atoms with Gasteiger partial charge in [0, 0.05) is 58.2 Å². The third-order valence-electron chi connectivity index (χ3n) is 12.2. The number of aliphatic hydroxyl groups is 4. The zero-order chi connectivity index (χ0) is 57.5. The number of imide groups is 1. The minimum Gasteiger partial charge on any atom is -0.445 e. The zero-order valence-electron chi connectivity index (χ0n) is 44.1. The number of nitrogens with zero attached hydrogens (tertiary/aromatic N) is 2. The molecular formula is C47H73N9O20S. The molecule has 0 spiro atoms. The molecule has 432 valence electrons. The summed E-state index contributed by atoms with van der Waals surface area (Å²) in [6.45, 7) is 2.41. The molecule has 77 heavy (non-hydrogen) atoms. The maximum atomic E-state index is 13.8. The van der Waals surface area contributed by atoms with Gasteiger partial charge in [0.15, 0.2) is 6.29 Å². The molecule has 1 saturated carbocycles. The van der Waals surface area contributed by atoms with Gasteiger partial charge in [-0.2, -0.15) is 13.1 Å². The highest BCUT2D eigenvalue weighted by Crippen LogP contribution is 2.32. The number of hydrogen-bond acceptors (Lipinski definition) is 20. The molecule has 0 radical (unpaired) electrons. The first-order valence-corrected chi connectivity index (χ1v) is 26.3. The van der Waals surface area contributed by atoms with Gasteiger partial charge in [0.2, 0.25) is 23.6 Å². The van der Waals surface area contributed by atoms with Crippen LogP contribution in [0, 0.1) is 18.7 Å². The Bertz CT molecular complexity index is 2330. The second-order valence-corrected chi connectivity index (χ2v) is 20.0. The second kappa shape index (κ2) is 31.5. The molecule has 9 amide bonds. The van der Waals surface area contributed by atoms with E-state index in [0.29, 0.717) is 11.1 Å². The van der Waals surface area contributed by atoms with Gasteiger partial charge in [-0.15, -0.1) is 0 Å². The van der Waals surface area contributed by atoms with Crippen molar-refractivity contribution in [1.29, 1.82) is 0 Å². The molecule has 1 saturated heterocycles. The fourth-order valence-corrected chi connectivity index (χ4v) is 8.50. The Labute approximate surface area is 446 Å². The summed E-state index contributed by atoms with van der Waals surface area (Å²) in [7, 11) is -2.81. The minimum atomic E-state index is -4.35. The minimum absolute atomic E-state index is 0.00287. The van der Waals surface area contributed by atoms with Gasteiger partial charge in [0.1, 0.15) is 42.6 Å². The van der Waals surface area contributed by atoms with Crippen LogP contribution in [-0.4, -0.2) is 215 Å². The molecule has 0 bridgehead atoms. The third kappa shape index (κ3) is 21.1. The lowest BCUT2D eigenvalue weighted by atomic mass is 9.81. The standard InChI is InChI=1S/C47H73N9O20S/c1-27(2)38(53-35(58)11-15-71-17-14-56-36(59)9-10-37(56)60)43(65)52-33(6-5-12-49-46(48)67)42(64)51-31-8-7-28(3)30(22-31)25-55(4)44(66)29-23-32(24-29)75-47(68)54-77(69,70)50-13-16-72-18-19-73-20-21-74-45-41(63)40(62)39(61)34(26-57)76-45/h7-10,22,27,29,32-34,38-41,45,50,57,61-63H,5-6,11-21,23-26H2,1-4H3,(H,51,64)(H,52,65)(H,53,58)(H,54,68)(H3,48,49,67)/t29?,32?,33-,34+,38-,39+,40-,41+,45+/m0/s1/i3D. The van der Waals surface area contributed by atoms with Crippen molar-refractivity contribution in [2.45, 2.75) is 108 Å². The molecule has 1 aliphatic carbocycles. The highest BCUT2D eigenvalue weighted by Gasteiger charge is 2.44. The number of hydrogen-bond donors (Lipinski definition) is 11. The van der Waals surface area contributed by atoms with Gasteiger partial charge in [0.25, 0.3) is 11.8 Å². The van der Waals surface area contributed by atoms with E-state index >= 15 is 0 Å². The first kappa shape index (κ1) is 61.9. The van der Waals surface area contributed by atoms with Crippen LogP contribution in [0.4, 0.5) is 15.3 Å². The number of nitrogens with two attached hydrogens (primary N) is 1. The van der Waals surface area contributed by atoms with E-state index in [0.717, 1.165) is 17.1 Å². The lowest BCUT2D eigenvalue weighted by Crippen LogP contribution is -2.59. The second-order valence-electron chi connectivity index (χ2n) is 18.5. The predicted octanol–water partition coefficient (Wildman–Crippen LogP) is -3.51. The van der Waals surface area contributed by atoms with Gasteiger partial charge >= 0.3 is 22.3 Å². The monoisotopic (exact) mass is 1120 g/mol. The molecule has 1 aromatic rings. The quantitative estimate of drug-likeness (QED) is 0.0240. The van der Waals surface area contributed by atoms with E-state index in [-0.39, 0.29) is 123 Å². The molecular weight excluding hydrogens is 1040 g/mol. The SMILES string of the molecule is [2H]Cc1ccc(NC(=O)[C@H](CCCNC(N)=O)NC(=O)[C@@H](NC(=O)CCOCCN2C(=O)C=CC2=O)C(C)C)cc1CN(C)C(=O)C1CC(OC(=O)NS(=O)(=O)NCCOCCOCCO[C@@H]2O[C@H](CO)[C@@H](O)[C@H](O)[C@H]2O)C1. The Morgan fingerprint density at radius 3 is 2.23 bits per heavy atom. The summed E-state index contributed by atoms with van der Waals surface area (Å²) in [5.41, 5.74) is 6.53. The van der Waals surface area contributed by atoms with Crippen LogP contribution in [0.1, 0.15) is 58.4 Å². The lowest BCUT2D eigenvalue weighted by molar-refractivity contribution is -0.302. The maximum absolute atomic E-state index is 13.8. The summed E-state index contributed by atoms with van der Waals surface area (Å²) < 4.78 is 68.5. The number of aliphatic hydroxyl groups excluding tert-OH is 4. The van der Waals surface area contributed by atoms with E-state index in [1.165, 1.54) is 11.9 Å². The molecule has 2 fully saturated rings. The van der Waals surface area contributed by atoms with E-state index in [4.69, 9.17) is 35.5 Å². The molecule has 30 heteroatoms. The van der Waals surface area contributed by atoms with Gasteiger partial charge < -0.3 is 80.7 Å². The summed E-state index contributed by atoms with van der Waals surface area (Å²) in [4.78, 5) is 103. The molecule has 2 aliphatic heterocycles. The third-order valence-corrected chi connectivity index (χ3v) is 13.2. The van der Waals surface area contributed by atoms with E-state index in [9.17, 15) is 67.2 Å². The summed E-state index contributed by atoms with van der Waals surface area (Å²) in [5, 5.41) is 49.5. The Morgan fingerprint density at radius 1 is 0.896 bits per heavy atom. The highest BCUT2D eigenvalue weighted by molar-refractivity contribution is 7.88. The average Bonchev–Trinajstić information content (AvgIpc) is 3.73. The van der Waals surface area contributed by atoms with Crippen LogP contribution < -0.4 is 36.4 Å². The normalized spacial score (nSPS) is 22.1. The van der Waals surface area contributed by atoms with Gasteiger partial charge in [-0.05, 0) is 61.8 Å². The Hall–Kier alpha value is -5.93. The van der Waals surface area contributed by atoms with E-state index in [1.807, 2.05) is 0 Å². The van der Waals surface area contributed by atoms with Crippen LogP contribution in [0.5, 0.6) is 0 Å². The van der Waals surface area contributed by atoms with E-state index < -0.39 is 119 Å². The Kier molecular flexibility index (Phi) is 25.3. The molecule has 12 N–H and O–H groups in total. The zero-order valence-corrected chi connectivity index (χ0v) is 43.9. The van der Waals surface area contributed by atoms with Gasteiger partial charge in [-0.25, -0.2) is 14.3 Å². The van der Waals surface area contributed by atoms with Crippen molar-refractivity contribution in [3.05, 3.63) is 41.5 Å². The summed E-state index contributed by atoms with van der Waals surface area (Å²) in [6.07, 6.45) is -6.49. The fraction of sp³-hybridized carbons (Fsp3) is 0.660. The van der Waals surface area contributed by atoms with Crippen molar-refractivity contribution in [1.82, 2.24) is 35.2 Å². The number of carbonyl (C=O) groups excluding carboxylic acids is 8. The number of urea groups is 1. The first-order chi connectivity index (χ1) is 37.0. The van der Waals surface area contributed by atoms with Crippen LogP contribution in [0.25, 0.3) is 0 Å². The molecule has 0 aromatic heterocycles. The predicted molar refractivity (Wildman–Crippen MR) is 268 cm³/mol. The molecule has 29 nitrogen and oxygen atoms in total. The number of carbonyl (C=O) groups is 8. The smallest absolute Gasteiger partial charge is 0.422 e. The average molecular weight is 1120 g/mol. The molecule has 7 atom stereocenters. The fourth-order valence-electron chi connectivity index (χ4n) is 7.81. The van der Waals surface area contributed by atoms with Gasteiger partial charge in [-0.1, -0.05) is 19.9 Å². The van der Waals surface area contributed by atoms with E-state index in [2.05, 4.69) is 26.0 Å². The van der Waals surface area contributed by atoms with Crippen molar-refractivity contribution >= 4 is 63.5 Å². The maximum Gasteiger partial charge on any atom is 0.422 e. The summed E-state index contributed by atoms with van der Waals surface area (Å²) >= 11 is 0. The van der Waals surface area contributed by atoms with Crippen LogP contribution in [0.15, 0.2) is 30.4 Å². The van der Waals surface area contributed by atoms with E-state index in [1.54, 1.807) is 36.8 Å². The number of nitrogens with one attached hydrogen (secondary N) is 6. The van der Waals surface area contributed by atoms with Crippen molar-refractivity contribution in [3.63, 3.8) is 0 Å². The lowest BCUT2D eigenvalue weighted by Gasteiger charge is -2.39. The van der Waals surface area contributed by atoms with Gasteiger partial charge in [0.05, 0.1) is 59.4 Å².